The number of nitrogens with two attached hydrogens (primary N) is 1. The summed E-state index contributed by atoms with van der Waals surface area (Å²) < 4.78 is 2.78. The lowest BCUT2D eigenvalue weighted by Gasteiger charge is -1.99. The molecule has 2 nitrogen and oxygen atoms in total. The van der Waals surface area contributed by atoms with Crippen molar-refractivity contribution in [1.82, 2.24) is 4.98 Å². The molecule has 1 heterocycles. The lowest BCUT2D eigenvalue weighted by molar-refractivity contribution is 1.25. The van der Waals surface area contributed by atoms with E-state index in [-0.39, 0.29) is 0 Å². The number of hydrogen-bond donors (Lipinski definition) is 1. The van der Waals surface area contributed by atoms with Gasteiger partial charge in [0.15, 0.2) is 0 Å². The smallest absolute Gasteiger partial charge is 0.125 e. The average molecular weight is 378 g/mol. The molecule has 1 aromatic heterocycles. The number of nitrogen functional groups attached to an aromatic ring is 1. The molecule has 54 valence electrons. The van der Waals surface area contributed by atoms with Crippen molar-refractivity contribution in [3.63, 3.8) is 0 Å². The van der Waals surface area contributed by atoms with Crippen LogP contribution in [0, 0.1) is 3.57 Å². The van der Waals surface area contributed by atoms with E-state index in [0.29, 0.717) is 5.82 Å². The van der Waals surface area contributed by atoms with Gasteiger partial charge in [0.2, 0.25) is 0 Å². The highest BCUT2D eigenvalue weighted by Crippen LogP contribution is 2.26. The second kappa shape index (κ2) is 3.36. The first kappa shape index (κ1) is 8.73. The minimum atomic E-state index is 0.513. The van der Waals surface area contributed by atoms with E-state index < -0.39 is 0 Å². The summed E-state index contributed by atoms with van der Waals surface area (Å²) in [5, 5.41) is 0. The quantitative estimate of drug-likeness (QED) is 0.558. The molecule has 0 saturated heterocycles. The summed E-state index contributed by atoms with van der Waals surface area (Å²) in [6.07, 6.45) is 0. The minimum Gasteiger partial charge on any atom is -0.384 e. The lowest BCUT2D eigenvalue weighted by Crippen LogP contribution is -1.92. The largest absolute Gasteiger partial charge is 0.384 e. The summed E-state index contributed by atoms with van der Waals surface area (Å²) in [6, 6.07) is 1.77. The Morgan fingerprint density at radius 2 is 2.10 bits per heavy atom. The van der Waals surface area contributed by atoms with Crippen LogP contribution >= 0.6 is 54.5 Å². The summed E-state index contributed by atoms with van der Waals surface area (Å²) in [5.41, 5.74) is 5.45. The molecule has 0 aliphatic rings. The zero-order valence-corrected chi connectivity index (χ0v) is 10.1. The molecule has 0 aliphatic heterocycles. The Balaban J connectivity index is 3.31. The molecule has 0 radical (unpaired) electrons. The van der Waals surface area contributed by atoms with Gasteiger partial charge in [0, 0.05) is 4.47 Å². The van der Waals surface area contributed by atoms with Crippen LogP contribution in [-0.2, 0) is 0 Å². The molecule has 5 heteroatoms. The maximum Gasteiger partial charge on any atom is 0.125 e. The van der Waals surface area contributed by atoms with E-state index in [4.69, 9.17) is 5.73 Å². The van der Waals surface area contributed by atoms with Crippen LogP contribution in [0.4, 0.5) is 5.82 Å². The lowest BCUT2D eigenvalue weighted by atomic mass is 10.5. The molecule has 2 N–H and O–H groups in total. The highest BCUT2D eigenvalue weighted by Gasteiger charge is 2.02. The zero-order chi connectivity index (χ0) is 7.72. The molecular formula is C5H3Br2IN2. The third-order valence-corrected chi connectivity index (χ3v) is 4.67. The van der Waals surface area contributed by atoms with Gasteiger partial charge in [-0.3, -0.25) is 0 Å². The number of rotatable bonds is 0. The van der Waals surface area contributed by atoms with Gasteiger partial charge in [-0.05, 0) is 60.5 Å². The van der Waals surface area contributed by atoms with E-state index in [2.05, 4.69) is 59.4 Å². The fraction of sp³-hybridized carbons (Fsp3) is 0. The number of pyridine rings is 1. The predicted molar refractivity (Wildman–Crippen MR) is 56.8 cm³/mol. The van der Waals surface area contributed by atoms with Crippen LogP contribution in [0.25, 0.3) is 0 Å². The Bertz CT molecular complexity index is 241. The van der Waals surface area contributed by atoms with Gasteiger partial charge in [-0.2, -0.15) is 0 Å². The van der Waals surface area contributed by atoms with Gasteiger partial charge >= 0.3 is 0 Å². The first-order chi connectivity index (χ1) is 4.61. The van der Waals surface area contributed by atoms with E-state index in [1.54, 1.807) is 6.07 Å². The van der Waals surface area contributed by atoms with Crippen molar-refractivity contribution >= 4 is 60.3 Å². The number of halogens is 3. The maximum absolute atomic E-state index is 5.45. The summed E-state index contributed by atoms with van der Waals surface area (Å²) in [5.74, 6) is 0.513. The summed E-state index contributed by atoms with van der Waals surface area (Å²) in [6.45, 7) is 0. The fourth-order valence-electron chi connectivity index (χ4n) is 0.486. The first-order valence-corrected chi connectivity index (χ1v) is 5.04. The Hall–Kier alpha value is 0.640. The molecular weight excluding hydrogens is 375 g/mol. The molecule has 10 heavy (non-hydrogen) atoms. The number of aromatic nitrogens is 1. The Morgan fingerprint density at radius 1 is 1.50 bits per heavy atom. The fourth-order valence-corrected chi connectivity index (χ4v) is 1.87. The van der Waals surface area contributed by atoms with Crippen LogP contribution in [0.3, 0.4) is 0 Å². The standard InChI is InChI=1S/C5H3Br2IN2/c6-2-1-3(9)10-5(7)4(2)8/h1H,(H2,9,10). The Morgan fingerprint density at radius 3 is 2.60 bits per heavy atom. The van der Waals surface area contributed by atoms with Crippen molar-refractivity contribution in [2.24, 2.45) is 0 Å². The van der Waals surface area contributed by atoms with E-state index in [1.165, 1.54) is 0 Å². The molecule has 0 fully saturated rings. The number of anilines is 1. The highest BCUT2D eigenvalue weighted by molar-refractivity contribution is 14.1. The Labute approximate surface area is 89.0 Å². The van der Waals surface area contributed by atoms with Crippen molar-refractivity contribution in [2.45, 2.75) is 0 Å². The van der Waals surface area contributed by atoms with E-state index in [0.717, 1.165) is 12.6 Å². The van der Waals surface area contributed by atoms with Gasteiger partial charge < -0.3 is 5.73 Å². The summed E-state index contributed by atoms with van der Waals surface area (Å²) in [4.78, 5) is 3.99. The van der Waals surface area contributed by atoms with E-state index >= 15 is 0 Å². The molecule has 0 saturated carbocycles. The van der Waals surface area contributed by atoms with Crippen LogP contribution in [0.5, 0.6) is 0 Å². The van der Waals surface area contributed by atoms with E-state index in [9.17, 15) is 0 Å². The van der Waals surface area contributed by atoms with Crippen molar-refractivity contribution in [3.05, 3.63) is 18.7 Å². The van der Waals surface area contributed by atoms with Gasteiger partial charge in [0.1, 0.15) is 10.4 Å². The zero-order valence-electron chi connectivity index (χ0n) is 4.74. The van der Waals surface area contributed by atoms with Gasteiger partial charge in [-0.1, -0.05) is 0 Å². The molecule has 0 unspecified atom stereocenters. The SMILES string of the molecule is Nc1cc(Br)c(I)c(Br)n1. The van der Waals surface area contributed by atoms with Crippen molar-refractivity contribution in [3.8, 4) is 0 Å². The molecule has 0 bridgehead atoms. The maximum atomic E-state index is 5.45. The highest BCUT2D eigenvalue weighted by atomic mass is 127. The second-order valence-electron chi connectivity index (χ2n) is 1.63. The molecule has 0 atom stereocenters. The van der Waals surface area contributed by atoms with Crippen LogP contribution in [-0.4, -0.2) is 4.98 Å². The van der Waals surface area contributed by atoms with Crippen LogP contribution in [0.1, 0.15) is 0 Å². The molecule has 0 aliphatic carbocycles. The third-order valence-electron chi connectivity index (χ3n) is 0.893. The predicted octanol–water partition coefficient (Wildman–Crippen LogP) is 2.79. The van der Waals surface area contributed by atoms with Crippen molar-refractivity contribution in [1.29, 1.82) is 0 Å². The Kier molecular flexibility index (Phi) is 2.93. The normalized spacial score (nSPS) is 9.90. The van der Waals surface area contributed by atoms with E-state index in [1.807, 2.05) is 0 Å². The van der Waals surface area contributed by atoms with Gasteiger partial charge in [0.05, 0.1) is 3.57 Å². The molecule has 0 spiro atoms. The van der Waals surface area contributed by atoms with Gasteiger partial charge in [-0.15, -0.1) is 0 Å². The molecule has 0 aromatic carbocycles. The molecule has 1 aromatic rings. The third kappa shape index (κ3) is 1.82. The van der Waals surface area contributed by atoms with Crippen LogP contribution < -0.4 is 5.73 Å². The summed E-state index contributed by atoms with van der Waals surface area (Å²) in [7, 11) is 0. The number of hydrogen-bond acceptors (Lipinski definition) is 2. The minimum absolute atomic E-state index is 0.513. The first-order valence-electron chi connectivity index (χ1n) is 2.38. The topological polar surface area (TPSA) is 38.9 Å². The van der Waals surface area contributed by atoms with Crippen LogP contribution in [0.15, 0.2) is 15.1 Å². The van der Waals surface area contributed by atoms with Gasteiger partial charge in [0.25, 0.3) is 0 Å². The van der Waals surface area contributed by atoms with Gasteiger partial charge in [-0.25, -0.2) is 4.98 Å². The molecule has 0 amide bonds. The molecule has 1 rings (SSSR count). The van der Waals surface area contributed by atoms with Crippen molar-refractivity contribution < 1.29 is 0 Å². The summed E-state index contributed by atoms with van der Waals surface area (Å²) >= 11 is 8.78. The number of nitrogens with zero attached hydrogens (tertiary/aromatic N) is 1. The average Bonchev–Trinajstić information content (AvgIpc) is 1.82. The van der Waals surface area contributed by atoms with Crippen LogP contribution in [0.2, 0.25) is 0 Å². The monoisotopic (exact) mass is 376 g/mol. The van der Waals surface area contributed by atoms with Crippen molar-refractivity contribution in [2.75, 3.05) is 5.73 Å². The second-order valence-corrected chi connectivity index (χ2v) is 4.32.